The van der Waals surface area contributed by atoms with Crippen LogP contribution in [-0.4, -0.2) is 17.1 Å². The highest BCUT2D eigenvalue weighted by molar-refractivity contribution is 6.22. The summed E-state index contributed by atoms with van der Waals surface area (Å²) >= 11 is 0. The maximum absolute atomic E-state index is 11.6. The minimum absolute atomic E-state index is 0.161. The number of benzene rings is 1. The maximum atomic E-state index is 11.6. The van der Waals surface area contributed by atoms with Gasteiger partial charge in [0.1, 0.15) is 5.76 Å². The molecule has 1 amide bonds. The van der Waals surface area contributed by atoms with Gasteiger partial charge < -0.3 is 10.4 Å². The molecule has 3 heteroatoms. The van der Waals surface area contributed by atoms with Crippen molar-refractivity contribution in [2.75, 3.05) is 0 Å². The monoisotopic (exact) mass is 203 g/mol. The summed E-state index contributed by atoms with van der Waals surface area (Å²) in [5.41, 5.74) is 1.17. The molecule has 0 saturated heterocycles. The lowest BCUT2D eigenvalue weighted by atomic mass is 10.0. The average Bonchev–Trinajstić information content (AvgIpc) is 2.55. The van der Waals surface area contributed by atoms with Crippen molar-refractivity contribution in [3.8, 4) is 0 Å². The third-order valence-electron chi connectivity index (χ3n) is 2.59. The molecule has 1 atom stereocenters. The van der Waals surface area contributed by atoms with Gasteiger partial charge in [0.2, 0.25) is 0 Å². The largest absolute Gasteiger partial charge is 0.509 e. The van der Waals surface area contributed by atoms with Gasteiger partial charge in [-0.05, 0) is 12.0 Å². The number of hydrogen-bond acceptors (Lipinski definition) is 2. The van der Waals surface area contributed by atoms with Crippen LogP contribution in [0.4, 0.5) is 0 Å². The van der Waals surface area contributed by atoms with Crippen LogP contribution in [0.1, 0.15) is 18.9 Å². The summed E-state index contributed by atoms with van der Waals surface area (Å²) < 4.78 is 0. The first-order chi connectivity index (χ1) is 7.24. The quantitative estimate of drug-likeness (QED) is 0.770. The predicted octanol–water partition coefficient (Wildman–Crippen LogP) is 1.86. The first-order valence-corrected chi connectivity index (χ1v) is 5.03. The Morgan fingerprint density at radius 1 is 1.33 bits per heavy atom. The number of hydrogen-bond donors (Lipinski definition) is 2. The van der Waals surface area contributed by atoms with Crippen LogP contribution in [0.2, 0.25) is 0 Å². The predicted molar refractivity (Wildman–Crippen MR) is 58.2 cm³/mol. The minimum atomic E-state index is -0.229. The fourth-order valence-electron chi connectivity index (χ4n) is 1.77. The second kappa shape index (κ2) is 3.77. The number of nitrogens with one attached hydrogen (secondary N) is 1. The molecular formula is C12H13NO2. The zero-order chi connectivity index (χ0) is 10.8. The second-order valence-electron chi connectivity index (χ2n) is 3.56. The van der Waals surface area contributed by atoms with Crippen molar-refractivity contribution in [2.24, 2.45) is 0 Å². The van der Waals surface area contributed by atoms with E-state index in [1.807, 2.05) is 37.3 Å². The lowest BCUT2D eigenvalue weighted by molar-refractivity contribution is -0.115. The number of aliphatic hydroxyl groups is 1. The Morgan fingerprint density at radius 2 is 2.00 bits per heavy atom. The zero-order valence-electron chi connectivity index (χ0n) is 8.53. The molecule has 0 unspecified atom stereocenters. The van der Waals surface area contributed by atoms with Gasteiger partial charge >= 0.3 is 0 Å². The fourth-order valence-corrected chi connectivity index (χ4v) is 1.77. The van der Waals surface area contributed by atoms with Crippen LogP contribution >= 0.6 is 0 Å². The van der Waals surface area contributed by atoms with Crippen LogP contribution in [0, 0.1) is 0 Å². The van der Waals surface area contributed by atoms with Crippen molar-refractivity contribution in [3.05, 3.63) is 41.7 Å². The molecule has 15 heavy (non-hydrogen) atoms. The molecule has 0 aromatic heterocycles. The molecule has 2 rings (SSSR count). The van der Waals surface area contributed by atoms with Gasteiger partial charge in [-0.15, -0.1) is 0 Å². The molecule has 3 nitrogen and oxygen atoms in total. The van der Waals surface area contributed by atoms with E-state index in [0.29, 0.717) is 12.0 Å². The minimum Gasteiger partial charge on any atom is -0.509 e. The number of rotatable bonds is 2. The van der Waals surface area contributed by atoms with Crippen molar-refractivity contribution in [3.63, 3.8) is 0 Å². The normalized spacial score (nSPS) is 20.6. The van der Waals surface area contributed by atoms with Crippen molar-refractivity contribution in [1.29, 1.82) is 0 Å². The van der Waals surface area contributed by atoms with Crippen molar-refractivity contribution in [2.45, 2.75) is 19.4 Å². The van der Waals surface area contributed by atoms with Gasteiger partial charge in [-0.1, -0.05) is 37.3 Å². The average molecular weight is 203 g/mol. The molecule has 1 aromatic rings. The molecule has 0 bridgehead atoms. The fraction of sp³-hybridized carbons (Fsp3) is 0.250. The third-order valence-corrected chi connectivity index (χ3v) is 2.59. The van der Waals surface area contributed by atoms with Crippen LogP contribution in [-0.2, 0) is 4.79 Å². The Kier molecular flexibility index (Phi) is 2.46. The summed E-state index contributed by atoms with van der Waals surface area (Å²) in [5.74, 6) is -0.0285. The van der Waals surface area contributed by atoms with Crippen LogP contribution in [0.15, 0.2) is 36.1 Å². The summed E-state index contributed by atoms with van der Waals surface area (Å²) in [5, 5.41) is 12.6. The topological polar surface area (TPSA) is 49.3 Å². The molecule has 1 aromatic carbocycles. The Hall–Kier alpha value is -1.77. The highest BCUT2D eigenvalue weighted by Gasteiger charge is 2.30. The number of carbonyl (C=O) groups is 1. The van der Waals surface area contributed by atoms with Gasteiger partial charge in [0.15, 0.2) is 0 Å². The van der Waals surface area contributed by atoms with E-state index in [1.165, 1.54) is 0 Å². The first kappa shape index (κ1) is 9.77. The third kappa shape index (κ3) is 1.61. The molecule has 1 aliphatic heterocycles. The highest BCUT2D eigenvalue weighted by atomic mass is 16.3. The molecule has 78 valence electrons. The van der Waals surface area contributed by atoms with E-state index in [2.05, 4.69) is 5.32 Å². The molecule has 0 saturated carbocycles. The van der Waals surface area contributed by atoms with E-state index < -0.39 is 0 Å². The zero-order valence-corrected chi connectivity index (χ0v) is 8.53. The van der Waals surface area contributed by atoms with Crippen molar-refractivity contribution < 1.29 is 9.90 Å². The number of aliphatic hydroxyl groups excluding tert-OH is 1. The Bertz CT molecular complexity index is 409. The lowest BCUT2D eigenvalue weighted by Crippen LogP contribution is -2.27. The van der Waals surface area contributed by atoms with Crippen LogP contribution in [0.5, 0.6) is 0 Å². The number of amides is 1. The van der Waals surface area contributed by atoms with Gasteiger partial charge in [0, 0.05) is 0 Å². The molecule has 2 N–H and O–H groups in total. The summed E-state index contributed by atoms with van der Waals surface area (Å²) in [6, 6.07) is 9.00. The van der Waals surface area contributed by atoms with E-state index >= 15 is 0 Å². The van der Waals surface area contributed by atoms with Gasteiger partial charge in [0.05, 0.1) is 11.6 Å². The summed E-state index contributed by atoms with van der Waals surface area (Å²) in [6.07, 6.45) is 0.702. The summed E-state index contributed by atoms with van der Waals surface area (Å²) in [4.78, 5) is 11.6. The first-order valence-electron chi connectivity index (χ1n) is 5.03. The van der Waals surface area contributed by atoms with Gasteiger partial charge in [0.25, 0.3) is 5.91 Å². The Balaban J connectivity index is 2.44. The SMILES string of the molecule is CC[C@H]1NC(=O)C(c2ccccc2)=C1O. The van der Waals surface area contributed by atoms with Crippen LogP contribution in [0.3, 0.4) is 0 Å². The van der Waals surface area contributed by atoms with E-state index in [4.69, 9.17) is 0 Å². The summed E-state index contributed by atoms with van der Waals surface area (Å²) in [7, 11) is 0. The van der Waals surface area contributed by atoms with Crippen LogP contribution in [0.25, 0.3) is 5.57 Å². The number of carbonyl (C=O) groups excluding carboxylic acids is 1. The van der Waals surface area contributed by atoms with E-state index in [9.17, 15) is 9.90 Å². The van der Waals surface area contributed by atoms with E-state index in [1.54, 1.807) is 0 Å². The van der Waals surface area contributed by atoms with Gasteiger partial charge in [-0.3, -0.25) is 4.79 Å². The van der Waals surface area contributed by atoms with Crippen molar-refractivity contribution in [1.82, 2.24) is 5.32 Å². The second-order valence-corrected chi connectivity index (χ2v) is 3.56. The summed E-state index contributed by atoms with van der Waals surface area (Å²) in [6.45, 7) is 1.93. The molecule has 1 heterocycles. The lowest BCUT2D eigenvalue weighted by Gasteiger charge is -2.05. The molecular weight excluding hydrogens is 190 g/mol. The molecule has 0 fully saturated rings. The molecule has 0 radical (unpaired) electrons. The standard InChI is InChI=1S/C12H13NO2/c1-2-9-11(14)10(12(15)13-9)8-6-4-3-5-7-8/h3-7,9,14H,2H2,1H3,(H,13,15)/t9-/m1/s1. The van der Waals surface area contributed by atoms with Gasteiger partial charge in [-0.2, -0.15) is 0 Å². The maximum Gasteiger partial charge on any atom is 0.255 e. The Labute approximate surface area is 88.4 Å². The van der Waals surface area contributed by atoms with E-state index in [0.717, 1.165) is 5.56 Å². The Morgan fingerprint density at radius 3 is 2.53 bits per heavy atom. The van der Waals surface area contributed by atoms with Crippen LogP contribution < -0.4 is 5.32 Å². The molecule has 1 aliphatic rings. The highest BCUT2D eigenvalue weighted by Crippen LogP contribution is 2.25. The molecule has 0 spiro atoms. The van der Waals surface area contributed by atoms with Gasteiger partial charge in [-0.25, -0.2) is 0 Å². The smallest absolute Gasteiger partial charge is 0.255 e. The molecule has 0 aliphatic carbocycles. The van der Waals surface area contributed by atoms with Crippen molar-refractivity contribution >= 4 is 11.5 Å². The van der Waals surface area contributed by atoms with E-state index in [-0.39, 0.29) is 17.7 Å².